The second-order valence-corrected chi connectivity index (χ2v) is 5.76. The highest BCUT2D eigenvalue weighted by Crippen LogP contribution is 2.22. The average molecular weight is 296 g/mol. The zero-order valence-corrected chi connectivity index (χ0v) is 12.8. The summed E-state index contributed by atoms with van der Waals surface area (Å²) >= 11 is 7.87. The van der Waals surface area contributed by atoms with Gasteiger partial charge in [-0.2, -0.15) is 11.3 Å². The Kier molecular flexibility index (Phi) is 5.16. The van der Waals surface area contributed by atoms with E-state index in [1.54, 1.807) is 11.3 Å². The molecule has 1 atom stereocenters. The van der Waals surface area contributed by atoms with Gasteiger partial charge in [0.25, 0.3) is 0 Å². The van der Waals surface area contributed by atoms with Gasteiger partial charge in [-0.05, 0) is 42.2 Å². The lowest BCUT2D eigenvalue weighted by Crippen LogP contribution is -2.20. The van der Waals surface area contributed by atoms with Gasteiger partial charge >= 0.3 is 0 Å². The van der Waals surface area contributed by atoms with Crippen molar-refractivity contribution < 1.29 is 0 Å². The monoisotopic (exact) mass is 295 g/mol. The molecule has 2 rings (SSSR count). The summed E-state index contributed by atoms with van der Waals surface area (Å²) in [6.07, 6.45) is 4.42. The Labute approximate surface area is 123 Å². The summed E-state index contributed by atoms with van der Waals surface area (Å²) in [5.74, 6) is 0.865. The van der Waals surface area contributed by atoms with Crippen molar-refractivity contribution in [3.05, 3.63) is 39.4 Å². The van der Waals surface area contributed by atoms with Crippen LogP contribution in [0.2, 0.25) is 5.15 Å². The van der Waals surface area contributed by atoms with E-state index in [4.69, 9.17) is 11.6 Å². The van der Waals surface area contributed by atoms with Crippen LogP contribution in [0.1, 0.15) is 31.4 Å². The predicted octanol–water partition coefficient (Wildman–Crippen LogP) is 4.19. The number of hydrogen-bond donors (Lipinski definition) is 1. The molecule has 1 N–H and O–H groups in total. The SMILES string of the molecule is CCCc1c(Cl)ncnc1NC(C)Cc1ccsc1. The number of rotatable bonds is 6. The van der Waals surface area contributed by atoms with E-state index in [1.807, 2.05) is 0 Å². The summed E-state index contributed by atoms with van der Waals surface area (Å²) in [4.78, 5) is 8.38. The molecule has 0 saturated heterocycles. The van der Waals surface area contributed by atoms with Crippen LogP contribution in [0, 0.1) is 0 Å². The minimum Gasteiger partial charge on any atom is -0.367 e. The van der Waals surface area contributed by atoms with Crippen LogP contribution in [-0.4, -0.2) is 16.0 Å². The molecule has 0 amide bonds. The van der Waals surface area contributed by atoms with Crippen molar-refractivity contribution in [2.75, 3.05) is 5.32 Å². The lowest BCUT2D eigenvalue weighted by atomic mass is 10.1. The van der Waals surface area contributed by atoms with Crippen LogP contribution in [0.4, 0.5) is 5.82 Å². The Bertz CT molecular complexity index is 513. The molecule has 1 unspecified atom stereocenters. The molecule has 3 nitrogen and oxygen atoms in total. The fourth-order valence-electron chi connectivity index (χ4n) is 2.03. The first kappa shape index (κ1) is 14.3. The summed E-state index contributed by atoms with van der Waals surface area (Å²) in [7, 11) is 0. The Balaban J connectivity index is 2.07. The number of thiophene rings is 1. The number of anilines is 1. The van der Waals surface area contributed by atoms with Crippen molar-refractivity contribution in [2.45, 2.75) is 39.2 Å². The van der Waals surface area contributed by atoms with Gasteiger partial charge in [-0.15, -0.1) is 0 Å². The second kappa shape index (κ2) is 6.87. The molecule has 2 aromatic rings. The first-order valence-corrected chi connectivity index (χ1v) is 7.79. The van der Waals surface area contributed by atoms with Crippen LogP contribution in [0.3, 0.4) is 0 Å². The first-order chi connectivity index (χ1) is 9.20. The van der Waals surface area contributed by atoms with Gasteiger partial charge < -0.3 is 5.32 Å². The minimum atomic E-state index is 0.316. The van der Waals surface area contributed by atoms with Gasteiger partial charge in [0.1, 0.15) is 17.3 Å². The molecule has 0 radical (unpaired) electrons. The third-order valence-corrected chi connectivity index (χ3v) is 3.96. The van der Waals surface area contributed by atoms with Crippen LogP contribution in [-0.2, 0) is 12.8 Å². The van der Waals surface area contributed by atoms with E-state index in [1.165, 1.54) is 11.9 Å². The maximum absolute atomic E-state index is 6.14. The number of nitrogens with one attached hydrogen (secondary N) is 1. The molecule has 0 fully saturated rings. The van der Waals surface area contributed by atoms with Crippen molar-refractivity contribution in [1.82, 2.24) is 9.97 Å². The molecule has 0 aliphatic heterocycles. The highest BCUT2D eigenvalue weighted by Gasteiger charge is 2.12. The topological polar surface area (TPSA) is 37.8 Å². The summed E-state index contributed by atoms with van der Waals surface area (Å²) < 4.78 is 0. The average Bonchev–Trinajstić information content (AvgIpc) is 2.86. The third kappa shape index (κ3) is 3.91. The molecule has 0 aliphatic rings. The van der Waals surface area contributed by atoms with Crippen LogP contribution in [0.25, 0.3) is 0 Å². The van der Waals surface area contributed by atoms with Gasteiger partial charge in [-0.1, -0.05) is 24.9 Å². The Hall–Kier alpha value is -1.13. The maximum atomic E-state index is 6.14. The Morgan fingerprint density at radius 1 is 1.42 bits per heavy atom. The predicted molar refractivity (Wildman–Crippen MR) is 82.1 cm³/mol. The van der Waals surface area contributed by atoms with E-state index >= 15 is 0 Å². The van der Waals surface area contributed by atoms with Crippen LogP contribution in [0.15, 0.2) is 23.2 Å². The van der Waals surface area contributed by atoms with Crippen molar-refractivity contribution in [3.63, 3.8) is 0 Å². The van der Waals surface area contributed by atoms with Crippen LogP contribution < -0.4 is 5.32 Å². The smallest absolute Gasteiger partial charge is 0.137 e. The molecule has 2 heterocycles. The molecule has 102 valence electrons. The second-order valence-electron chi connectivity index (χ2n) is 4.62. The minimum absolute atomic E-state index is 0.316. The fraction of sp³-hybridized carbons (Fsp3) is 0.429. The van der Waals surface area contributed by atoms with Crippen LogP contribution >= 0.6 is 22.9 Å². The zero-order chi connectivity index (χ0) is 13.7. The third-order valence-electron chi connectivity index (χ3n) is 2.90. The van der Waals surface area contributed by atoms with E-state index < -0.39 is 0 Å². The maximum Gasteiger partial charge on any atom is 0.137 e. The van der Waals surface area contributed by atoms with E-state index in [2.05, 4.69) is 46.0 Å². The van der Waals surface area contributed by atoms with Crippen molar-refractivity contribution in [1.29, 1.82) is 0 Å². The molecule has 0 aliphatic carbocycles. The summed E-state index contributed by atoms with van der Waals surface area (Å²) in [5.41, 5.74) is 2.37. The van der Waals surface area contributed by atoms with Gasteiger partial charge in [-0.3, -0.25) is 0 Å². The first-order valence-electron chi connectivity index (χ1n) is 6.47. The molecular formula is C14H18ClN3S. The Morgan fingerprint density at radius 2 is 2.26 bits per heavy atom. The summed E-state index contributed by atoms with van der Waals surface area (Å²) in [6, 6.07) is 2.47. The van der Waals surface area contributed by atoms with E-state index in [9.17, 15) is 0 Å². The lowest BCUT2D eigenvalue weighted by molar-refractivity contribution is 0.778. The van der Waals surface area contributed by atoms with E-state index in [-0.39, 0.29) is 0 Å². The number of nitrogens with zero attached hydrogens (tertiary/aromatic N) is 2. The van der Waals surface area contributed by atoms with Crippen LogP contribution in [0.5, 0.6) is 0 Å². The van der Waals surface area contributed by atoms with E-state index in [0.717, 1.165) is 30.6 Å². The molecule has 19 heavy (non-hydrogen) atoms. The van der Waals surface area contributed by atoms with Gasteiger partial charge in [0.15, 0.2) is 0 Å². The number of halogens is 1. The van der Waals surface area contributed by atoms with E-state index in [0.29, 0.717) is 11.2 Å². The highest BCUT2D eigenvalue weighted by molar-refractivity contribution is 7.07. The zero-order valence-electron chi connectivity index (χ0n) is 11.2. The molecule has 0 bridgehead atoms. The van der Waals surface area contributed by atoms with Gasteiger partial charge in [0.05, 0.1) is 0 Å². The largest absolute Gasteiger partial charge is 0.367 e. The van der Waals surface area contributed by atoms with Gasteiger partial charge in [0, 0.05) is 11.6 Å². The molecule has 2 aromatic heterocycles. The Morgan fingerprint density at radius 3 is 2.95 bits per heavy atom. The van der Waals surface area contributed by atoms with Gasteiger partial charge in [-0.25, -0.2) is 9.97 Å². The normalized spacial score (nSPS) is 12.4. The number of aromatic nitrogens is 2. The molecular weight excluding hydrogens is 278 g/mol. The molecule has 0 aromatic carbocycles. The quantitative estimate of drug-likeness (QED) is 0.812. The summed E-state index contributed by atoms with van der Waals surface area (Å²) in [5, 5.41) is 8.28. The number of hydrogen-bond acceptors (Lipinski definition) is 4. The highest BCUT2D eigenvalue weighted by atomic mass is 35.5. The van der Waals surface area contributed by atoms with Crippen molar-refractivity contribution >= 4 is 28.8 Å². The lowest BCUT2D eigenvalue weighted by Gasteiger charge is -2.17. The van der Waals surface area contributed by atoms with Gasteiger partial charge in [0.2, 0.25) is 0 Å². The molecule has 0 spiro atoms. The fourth-order valence-corrected chi connectivity index (χ4v) is 2.94. The van der Waals surface area contributed by atoms with Crippen molar-refractivity contribution in [3.8, 4) is 0 Å². The summed E-state index contributed by atoms with van der Waals surface area (Å²) in [6.45, 7) is 4.28. The molecule has 0 saturated carbocycles. The molecule has 5 heteroatoms. The van der Waals surface area contributed by atoms with Crippen molar-refractivity contribution in [2.24, 2.45) is 0 Å². The standard InChI is InChI=1S/C14H18ClN3S/c1-3-4-12-13(15)16-9-17-14(12)18-10(2)7-11-5-6-19-8-11/h5-6,8-10H,3-4,7H2,1-2H3,(H,16,17,18).